The summed E-state index contributed by atoms with van der Waals surface area (Å²) in [7, 11) is 4.72. The van der Waals surface area contributed by atoms with E-state index in [2.05, 4.69) is 14.1 Å². The van der Waals surface area contributed by atoms with Gasteiger partial charge in [-0.15, -0.1) is 0 Å². The van der Waals surface area contributed by atoms with Gasteiger partial charge >= 0.3 is 0 Å². The second-order valence-electron chi connectivity index (χ2n) is 7.98. The molecule has 2 heterocycles. The van der Waals surface area contributed by atoms with E-state index < -0.39 is 0 Å². The van der Waals surface area contributed by atoms with E-state index in [9.17, 15) is 5.11 Å². The van der Waals surface area contributed by atoms with Crippen molar-refractivity contribution in [2.75, 3.05) is 53.4 Å². The van der Waals surface area contributed by atoms with Gasteiger partial charge in [-0.25, -0.2) is 0 Å². The summed E-state index contributed by atoms with van der Waals surface area (Å²) in [6.07, 6.45) is 10.8. The first-order chi connectivity index (χ1) is 9.52. The quantitative estimate of drug-likeness (QED) is 0.445. The van der Waals surface area contributed by atoms with Crippen LogP contribution in [0.3, 0.4) is 0 Å². The van der Waals surface area contributed by atoms with Gasteiger partial charge in [0.2, 0.25) is 0 Å². The van der Waals surface area contributed by atoms with Crippen molar-refractivity contribution < 1.29 is 48.0 Å². The molecule has 2 aliphatic heterocycles. The highest BCUT2D eigenvalue weighted by Crippen LogP contribution is 2.20. The van der Waals surface area contributed by atoms with Crippen LogP contribution in [0.1, 0.15) is 51.4 Å². The van der Waals surface area contributed by atoms with Gasteiger partial charge in [-0.2, -0.15) is 0 Å². The van der Waals surface area contributed by atoms with Gasteiger partial charge in [0, 0.05) is 0 Å². The zero-order valence-electron chi connectivity index (χ0n) is 14.6. The summed E-state index contributed by atoms with van der Waals surface area (Å²) < 4.78 is 2.20. The largest absolute Gasteiger partial charge is 1.00 e. The highest BCUT2D eigenvalue weighted by Gasteiger charge is 2.32. The van der Waals surface area contributed by atoms with Gasteiger partial charge in [-0.3, -0.25) is 0 Å². The van der Waals surface area contributed by atoms with Crippen molar-refractivity contribution in [3.63, 3.8) is 0 Å². The smallest absolute Gasteiger partial charge is 0.152 e. The third kappa shape index (κ3) is 7.61. The van der Waals surface area contributed by atoms with Crippen molar-refractivity contribution >= 4 is 0 Å². The number of aliphatic hydroxyl groups is 1. The van der Waals surface area contributed by atoms with Crippen molar-refractivity contribution in [2.45, 2.75) is 57.5 Å². The van der Waals surface area contributed by atoms with E-state index >= 15 is 0 Å². The maximum Gasteiger partial charge on any atom is 0.152 e. The summed E-state index contributed by atoms with van der Waals surface area (Å²) in [5.74, 6) is 0. The molecule has 134 valence electrons. The Morgan fingerprint density at radius 3 is 1.18 bits per heavy atom. The molecule has 0 aromatic heterocycles. The molecule has 3 nitrogen and oxygen atoms in total. The Hall–Kier alpha value is 0.840. The number of quaternary nitrogens is 2. The predicted molar refractivity (Wildman–Crippen MR) is 84.5 cm³/mol. The molecule has 5 heteroatoms. The number of nitrogens with zero attached hydrogens (tertiary/aromatic N) is 2. The summed E-state index contributed by atoms with van der Waals surface area (Å²) in [6, 6.07) is 0. The normalized spacial score (nSPS) is 24.5. The van der Waals surface area contributed by atoms with E-state index in [-0.39, 0.29) is 40.1 Å². The fourth-order valence-electron chi connectivity index (χ4n) is 4.35. The minimum Gasteiger partial charge on any atom is -1.00 e. The highest BCUT2D eigenvalue weighted by atomic mass is 79.9. The molecule has 0 bridgehead atoms. The van der Waals surface area contributed by atoms with Crippen LogP contribution in [0.15, 0.2) is 0 Å². The van der Waals surface area contributed by atoms with Crippen molar-refractivity contribution in [1.82, 2.24) is 0 Å². The molecule has 0 aromatic rings. The van der Waals surface area contributed by atoms with E-state index in [4.69, 9.17) is 0 Å². The minimum absolute atomic E-state index is 0. The topological polar surface area (TPSA) is 20.2 Å². The van der Waals surface area contributed by atoms with Gasteiger partial charge in [0.15, 0.2) is 6.10 Å². The lowest BCUT2D eigenvalue weighted by Crippen LogP contribution is -3.00. The third-order valence-electron chi connectivity index (χ3n) is 5.59. The molecule has 1 N–H and O–H groups in total. The molecule has 0 unspecified atom stereocenters. The molecule has 2 aliphatic rings. The SMILES string of the molecule is C[N+]1(CC(O)C[N+]2(C)CCCCCC2)CCCCCC1.[Br-].[Br-]. The summed E-state index contributed by atoms with van der Waals surface area (Å²) >= 11 is 0. The Labute approximate surface area is 158 Å². The molecule has 0 aliphatic carbocycles. The molecule has 2 rings (SSSR count). The maximum absolute atomic E-state index is 10.6. The van der Waals surface area contributed by atoms with Gasteiger partial charge in [-0.05, 0) is 51.4 Å². The fourth-order valence-corrected chi connectivity index (χ4v) is 4.35. The second kappa shape index (κ2) is 10.7. The molecule has 2 saturated heterocycles. The van der Waals surface area contributed by atoms with Crippen molar-refractivity contribution in [3.05, 3.63) is 0 Å². The van der Waals surface area contributed by atoms with Gasteiger partial charge in [-0.1, -0.05) is 0 Å². The van der Waals surface area contributed by atoms with Crippen LogP contribution in [0.4, 0.5) is 0 Å². The first kappa shape index (κ1) is 22.8. The monoisotopic (exact) mass is 442 g/mol. The van der Waals surface area contributed by atoms with E-state index in [1.165, 1.54) is 77.5 Å². The van der Waals surface area contributed by atoms with E-state index in [1.54, 1.807) is 0 Å². The molecular weight excluding hydrogens is 408 g/mol. The van der Waals surface area contributed by atoms with Crippen LogP contribution in [0.2, 0.25) is 0 Å². The Balaban J connectivity index is 0.00000220. The number of likely N-dealkylation sites (tertiary alicyclic amines) is 2. The average molecular weight is 444 g/mol. The molecule has 2 fully saturated rings. The number of hydrogen-bond donors (Lipinski definition) is 1. The Kier molecular flexibility index (Phi) is 11.1. The lowest BCUT2D eigenvalue weighted by Gasteiger charge is -2.39. The summed E-state index contributed by atoms with van der Waals surface area (Å²) in [6.45, 7) is 6.99. The van der Waals surface area contributed by atoms with Crippen LogP contribution in [-0.4, -0.2) is 73.5 Å². The van der Waals surface area contributed by atoms with E-state index in [0.717, 1.165) is 22.1 Å². The summed E-state index contributed by atoms with van der Waals surface area (Å²) in [5.41, 5.74) is 0. The second-order valence-corrected chi connectivity index (χ2v) is 7.98. The molecule has 22 heavy (non-hydrogen) atoms. The number of halogens is 2. The van der Waals surface area contributed by atoms with Crippen LogP contribution in [0.25, 0.3) is 0 Å². The number of likely N-dealkylation sites (N-methyl/N-ethyl adjacent to an activating group) is 2. The molecule has 0 amide bonds. The van der Waals surface area contributed by atoms with Crippen LogP contribution in [-0.2, 0) is 0 Å². The first-order valence-electron chi connectivity index (χ1n) is 8.87. The maximum atomic E-state index is 10.6. The number of aliphatic hydroxyl groups excluding tert-OH is 1. The molecular formula is C17H36Br2N2O. The lowest BCUT2D eigenvalue weighted by molar-refractivity contribution is -0.932. The van der Waals surface area contributed by atoms with Crippen LogP contribution >= 0.6 is 0 Å². The van der Waals surface area contributed by atoms with Crippen molar-refractivity contribution in [1.29, 1.82) is 0 Å². The minimum atomic E-state index is -0.124. The zero-order valence-corrected chi connectivity index (χ0v) is 17.7. The Bertz CT molecular complexity index is 258. The zero-order chi connectivity index (χ0) is 14.5. The molecule has 0 aromatic carbocycles. The van der Waals surface area contributed by atoms with Crippen molar-refractivity contribution in [2.24, 2.45) is 0 Å². The van der Waals surface area contributed by atoms with Gasteiger partial charge in [0.25, 0.3) is 0 Å². The molecule has 0 radical (unpaired) electrons. The molecule has 0 saturated carbocycles. The van der Waals surface area contributed by atoms with Crippen LogP contribution in [0, 0.1) is 0 Å². The predicted octanol–water partition coefficient (Wildman–Crippen LogP) is -3.60. The van der Waals surface area contributed by atoms with Gasteiger partial charge < -0.3 is 48.0 Å². The number of rotatable bonds is 4. The Morgan fingerprint density at radius 2 is 0.909 bits per heavy atom. The van der Waals surface area contributed by atoms with Gasteiger partial charge in [0.05, 0.1) is 40.3 Å². The summed E-state index contributed by atoms with van der Waals surface area (Å²) in [4.78, 5) is 0. The molecule has 0 atom stereocenters. The molecule has 0 spiro atoms. The fraction of sp³-hybridized carbons (Fsp3) is 1.00. The summed E-state index contributed by atoms with van der Waals surface area (Å²) in [5, 5.41) is 10.6. The Morgan fingerprint density at radius 1 is 0.636 bits per heavy atom. The third-order valence-corrected chi connectivity index (χ3v) is 5.59. The first-order valence-corrected chi connectivity index (χ1v) is 8.87. The van der Waals surface area contributed by atoms with Crippen LogP contribution < -0.4 is 34.0 Å². The van der Waals surface area contributed by atoms with E-state index in [0.29, 0.717) is 0 Å². The number of hydrogen-bond acceptors (Lipinski definition) is 1. The standard InChI is InChI=1S/C17H36N2O.2BrH/c1-18(11-7-3-4-8-12-18)15-17(20)16-19(2)13-9-5-6-10-14-19;;/h17,20H,3-16H2,1-2H3;2*1H/q+2;;/p-2. The highest BCUT2D eigenvalue weighted by molar-refractivity contribution is 4.60. The van der Waals surface area contributed by atoms with Gasteiger partial charge in [0.1, 0.15) is 13.1 Å². The average Bonchev–Trinajstić information content (AvgIpc) is 2.69. The van der Waals surface area contributed by atoms with E-state index in [1.807, 2.05) is 0 Å². The van der Waals surface area contributed by atoms with Crippen LogP contribution in [0.5, 0.6) is 0 Å². The lowest BCUT2D eigenvalue weighted by atomic mass is 10.2. The van der Waals surface area contributed by atoms with Crippen molar-refractivity contribution in [3.8, 4) is 0 Å².